The number of amides is 1. The van der Waals surface area contributed by atoms with E-state index >= 15 is 0 Å². The number of fused-ring (bicyclic) bond motifs is 1. The highest BCUT2D eigenvalue weighted by Gasteiger charge is 2.15. The number of carbonyl (C=O) groups excluding carboxylic acids is 1. The number of benzene rings is 2. The van der Waals surface area contributed by atoms with Crippen molar-refractivity contribution in [3.8, 4) is 5.75 Å². The number of ether oxygens (including phenoxy) is 2. The first-order chi connectivity index (χ1) is 16.5. The summed E-state index contributed by atoms with van der Waals surface area (Å²) in [5.74, 6) is 0.690. The highest BCUT2D eigenvalue weighted by molar-refractivity contribution is 5.96. The van der Waals surface area contributed by atoms with Crippen LogP contribution in [0.3, 0.4) is 0 Å². The molecule has 0 unspecified atom stereocenters. The van der Waals surface area contributed by atoms with E-state index in [0.717, 1.165) is 35.6 Å². The molecular formula is C28H34N2O4. The summed E-state index contributed by atoms with van der Waals surface area (Å²) in [7, 11) is 0. The maximum absolute atomic E-state index is 12.8. The van der Waals surface area contributed by atoms with Crippen LogP contribution in [0.4, 0.5) is 0 Å². The topological polar surface area (TPSA) is 83.5 Å². The molecule has 1 aromatic heterocycles. The molecule has 0 bridgehead atoms. The molecule has 0 aliphatic heterocycles. The van der Waals surface area contributed by atoms with Crippen LogP contribution >= 0.6 is 0 Å². The second-order valence-electron chi connectivity index (χ2n) is 9.14. The average molecular weight is 463 g/mol. The number of aromatic nitrogens is 1. The minimum absolute atomic E-state index is 0.0239. The van der Waals surface area contributed by atoms with E-state index in [1.54, 1.807) is 12.3 Å². The maximum Gasteiger partial charge on any atom is 0.254 e. The van der Waals surface area contributed by atoms with E-state index in [1.807, 2.05) is 23.6 Å². The quantitative estimate of drug-likeness (QED) is 0.428. The van der Waals surface area contributed by atoms with Gasteiger partial charge in [0.25, 0.3) is 5.91 Å². The zero-order valence-corrected chi connectivity index (χ0v) is 19.9. The van der Waals surface area contributed by atoms with Gasteiger partial charge in [-0.15, -0.1) is 0 Å². The van der Waals surface area contributed by atoms with Crippen molar-refractivity contribution >= 4 is 16.8 Å². The molecule has 0 radical (unpaired) electrons. The number of pyridine rings is 1. The highest BCUT2D eigenvalue weighted by Crippen LogP contribution is 2.26. The summed E-state index contributed by atoms with van der Waals surface area (Å²) in [6, 6.07) is 13.6. The number of rotatable bonds is 10. The molecule has 180 valence electrons. The first-order valence-corrected chi connectivity index (χ1v) is 12.3. The van der Waals surface area contributed by atoms with Gasteiger partial charge in [0.15, 0.2) is 0 Å². The normalized spacial score (nSPS) is 14.4. The van der Waals surface area contributed by atoms with Crippen LogP contribution in [0.5, 0.6) is 5.75 Å². The number of nitrogens with zero attached hydrogens (tertiary/aromatic N) is 1. The molecule has 4 rings (SSSR count). The lowest BCUT2D eigenvalue weighted by Gasteiger charge is -2.21. The largest absolute Gasteiger partial charge is 0.494 e. The van der Waals surface area contributed by atoms with Crippen molar-refractivity contribution in [1.82, 2.24) is 4.57 Å². The van der Waals surface area contributed by atoms with Crippen LogP contribution in [0.25, 0.3) is 10.9 Å². The van der Waals surface area contributed by atoms with Crippen LogP contribution in [0.1, 0.15) is 66.9 Å². The van der Waals surface area contributed by atoms with Crippen molar-refractivity contribution in [3.05, 3.63) is 75.6 Å². The lowest BCUT2D eigenvalue weighted by atomic mass is 9.87. The van der Waals surface area contributed by atoms with Crippen LogP contribution in [0.15, 0.2) is 53.5 Å². The van der Waals surface area contributed by atoms with E-state index in [9.17, 15) is 9.59 Å². The Hall–Kier alpha value is -3.12. The lowest BCUT2D eigenvalue weighted by molar-refractivity contribution is 0.0998. The number of nitrogens with two attached hydrogens (primary N) is 1. The summed E-state index contributed by atoms with van der Waals surface area (Å²) >= 11 is 0. The zero-order chi connectivity index (χ0) is 23.9. The van der Waals surface area contributed by atoms with Crippen molar-refractivity contribution in [1.29, 1.82) is 0 Å². The van der Waals surface area contributed by atoms with E-state index in [1.165, 1.54) is 32.1 Å². The summed E-state index contributed by atoms with van der Waals surface area (Å²) in [5.41, 5.74) is 8.02. The van der Waals surface area contributed by atoms with Gasteiger partial charge >= 0.3 is 0 Å². The van der Waals surface area contributed by atoms with Crippen LogP contribution in [-0.4, -0.2) is 23.7 Å². The molecule has 6 heteroatoms. The van der Waals surface area contributed by atoms with Gasteiger partial charge in [-0.2, -0.15) is 0 Å². The van der Waals surface area contributed by atoms with Crippen molar-refractivity contribution < 1.29 is 14.3 Å². The van der Waals surface area contributed by atoms with Gasteiger partial charge in [0, 0.05) is 19.3 Å². The molecule has 3 aromatic rings. The number of carbonyl (C=O) groups is 1. The van der Waals surface area contributed by atoms with Crippen molar-refractivity contribution in [2.75, 3.05) is 13.2 Å². The Bertz CT molecular complexity index is 1180. The van der Waals surface area contributed by atoms with Gasteiger partial charge in [-0.25, -0.2) is 0 Å². The summed E-state index contributed by atoms with van der Waals surface area (Å²) in [5, 5.41) is 0.422. The summed E-state index contributed by atoms with van der Waals surface area (Å²) < 4.78 is 13.4. The third kappa shape index (κ3) is 5.86. The fourth-order valence-corrected chi connectivity index (χ4v) is 4.79. The van der Waals surface area contributed by atoms with E-state index in [-0.39, 0.29) is 11.0 Å². The Kier molecular flexibility index (Phi) is 8.01. The molecule has 1 aliphatic carbocycles. The fraction of sp³-hybridized carbons (Fsp3) is 0.429. The third-order valence-corrected chi connectivity index (χ3v) is 6.67. The Morgan fingerprint density at radius 3 is 2.50 bits per heavy atom. The number of hydrogen-bond acceptors (Lipinski definition) is 4. The van der Waals surface area contributed by atoms with Gasteiger partial charge in [-0.1, -0.05) is 56.4 Å². The van der Waals surface area contributed by atoms with E-state index in [4.69, 9.17) is 15.2 Å². The van der Waals surface area contributed by atoms with Crippen LogP contribution in [0, 0.1) is 5.92 Å². The van der Waals surface area contributed by atoms with Crippen LogP contribution < -0.4 is 15.9 Å². The molecule has 1 saturated carbocycles. The standard InChI is InChI=1S/C28H34N2O4/c1-2-34-23-12-13-26-24(16-23)27(31)25(28(29)32)18-30(26)17-21-8-10-22(11-9-21)19-33-15-14-20-6-4-3-5-7-20/h8-13,16,18,20H,2-7,14-15,17,19H2,1H3,(H2,29,32). The summed E-state index contributed by atoms with van der Waals surface area (Å²) in [6.07, 6.45) is 9.53. The highest BCUT2D eigenvalue weighted by atomic mass is 16.5. The van der Waals surface area contributed by atoms with Crippen LogP contribution in [0.2, 0.25) is 0 Å². The van der Waals surface area contributed by atoms with E-state index in [2.05, 4.69) is 24.3 Å². The summed E-state index contributed by atoms with van der Waals surface area (Å²) in [6.45, 7) is 4.31. The molecule has 6 nitrogen and oxygen atoms in total. The molecule has 1 aliphatic rings. The third-order valence-electron chi connectivity index (χ3n) is 6.67. The van der Waals surface area contributed by atoms with Gasteiger partial charge in [0.1, 0.15) is 11.3 Å². The smallest absolute Gasteiger partial charge is 0.254 e. The van der Waals surface area contributed by atoms with E-state index < -0.39 is 5.91 Å². The molecule has 1 amide bonds. The van der Waals surface area contributed by atoms with Crippen LogP contribution in [-0.2, 0) is 17.9 Å². The average Bonchev–Trinajstić information content (AvgIpc) is 2.85. The second kappa shape index (κ2) is 11.3. The molecule has 0 atom stereocenters. The number of primary amides is 1. The Balaban J connectivity index is 1.45. The predicted octanol–water partition coefficient (Wildman–Crippen LogP) is 5.03. The number of hydrogen-bond donors (Lipinski definition) is 1. The van der Waals surface area contributed by atoms with Gasteiger partial charge < -0.3 is 19.8 Å². The van der Waals surface area contributed by atoms with Gasteiger partial charge in [0.2, 0.25) is 5.43 Å². The molecule has 1 heterocycles. The molecule has 34 heavy (non-hydrogen) atoms. The maximum atomic E-state index is 12.8. The first kappa shape index (κ1) is 24.0. The SMILES string of the molecule is CCOc1ccc2c(c1)c(=O)c(C(N)=O)cn2Cc1ccc(COCCC2CCCCC2)cc1. The fourth-order valence-electron chi connectivity index (χ4n) is 4.79. The second-order valence-corrected chi connectivity index (χ2v) is 9.14. The Morgan fingerprint density at radius 2 is 1.79 bits per heavy atom. The van der Waals surface area contributed by atoms with Crippen molar-refractivity contribution in [3.63, 3.8) is 0 Å². The van der Waals surface area contributed by atoms with Gasteiger partial charge in [0.05, 0.1) is 24.1 Å². The van der Waals surface area contributed by atoms with Crippen molar-refractivity contribution in [2.45, 2.75) is 58.6 Å². The Labute approximate surface area is 200 Å². The first-order valence-electron chi connectivity index (χ1n) is 12.3. The predicted molar refractivity (Wildman–Crippen MR) is 134 cm³/mol. The molecule has 1 fully saturated rings. The van der Waals surface area contributed by atoms with E-state index in [0.29, 0.717) is 30.9 Å². The minimum atomic E-state index is -0.733. The van der Waals surface area contributed by atoms with Crippen molar-refractivity contribution in [2.24, 2.45) is 11.7 Å². The molecule has 2 N–H and O–H groups in total. The zero-order valence-electron chi connectivity index (χ0n) is 19.9. The molecule has 2 aromatic carbocycles. The van der Waals surface area contributed by atoms with Gasteiger partial charge in [-0.3, -0.25) is 9.59 Å². The molecule has 0 spiro atoms. The Morgan fingerprint density at radius 1 is 1.06 bits per heavy atom. The monoisotopic (exact) mass is 462 g/mol. The summed E-state index contributed by atoms with van der Waals surface area (Å²) in [4.78, 5) is 24.7. The molecular weight excluding hydrogens is 428 g/mol. The lowest BCUT2D eigenvalue weighted by Crippen LogP contribution is -2.24. The molecule has 0 saturated heterocycles. The van der Waals surface area contributed by atoms with Gasteiger partial charge in [-0.05, 0) is 48.6 Å². The minimum Gasteiger partial charge on any atom is -0.494 e.